The normalized spacial score (nSPS) is 11.9. The van der Waals surface area contributed by atoms with Crippen LogP contribution in [0.4, 0.5) is 18.9 Å². The molecular weight excluding hydrogens is 335 g/mol. The fourth-order valence-electron chi connectivity index (χ4n) is 2.14. The number of carboxylic acid groups (broad SMARTS) is 1. The smallest absolute Gasteiger partial charge is 0.416 e. The molecule has 0 atom stereocenters. The van der Waals surface area contributed by atoms with Crippen molar-refractivity contribution in [3.63, 3.8) is 0 Å². The van der Waals surface area contributed by atoms with Crippen LogP contribution in [0.25, 0.3) is 6.08 Å². The van der Waals surface area contributed by atoms with Gasteiger partial charge >= 0.3 is 12.1 Å². The number of halogens is 3. The zero-order valence-electron chi connectivity index (χ0n) is 13.1. The van der Waals surface area contributed by atoms with Crippen molar-refractivity contribution in [3.05, 3.63) is 70.8 Å². The van der Waals surface area contributed by atoms with Gasteiger partial charge in [-0.2, -0.15) is 13.2 Å². The van der Waals surface area contributed by atoms with E-state index < -0.39 is 23.6 Å². The van der Waals surface area contributed by atoms with Gasteiger partial charge in [0, 0.05) is 11.3 Å². The van der Waals surface area contributed by atoms with Crippen LogP contribution >= 0.6 is 0 Å². The van der Waals surface area contributed by atoms with E-state index in [0.29, 0.717) is 0 Å². The molecule has 7 heteroatoms. The lowest BCUT2D eigenvalue weighted by atomic mass is 10.0. The van der Waals surface area contributed by atoms with E-state index in [0.717, 1.165) is 12.1 Å². The highest BCUT2D eigenvalue weighted by molar-refractivity contribution is 6.06. The van der Waals surface area contributed by atoms with Crippen LogP contribution in [0.1, 0.15) is 28.4 Å². The number of carbonyl (C=O) groups is 2. The Morgan fingerprint density at radius 3 is 2.40 bits per heavy atom. The number of benzene rings is 2. The Bertz CT molecular complexity index is 841. The van der Waals surface area contributed by atoms with Crippen molar-refractivity contribution >= 4 is 23.6 Å². The van der Waals surface area contributed by atoms with E-state index in [2.05, 4.69) is 5.32 Å². The van der Waals surface area contributed by atoms with Gasteiger partial charge in [-0.25, -0.2) is 4.79 Å². The van der Waals surface area contributed by atoms with Crippen LogP contribution in [0.15, 0.2) is 54.1 Å². The monoisotopic (exact) mass is 349 g/mol. The van der Waals surface area contributed by atoms with Crippen molar-refractivity contribution in [1.29, 1.82) is 0 Å². The minimum absolute atomic E-state index is 0.0122. The number of nitrogens with one attached hydrogen (secondary N) is 1. The van der Waals surface area contributed by atoms with E-state index in [1.807, 2.05) is 0 Å². The average molecular weight is 349 g/mol. The van der Waals surface area contributed by atoms with Gasteiger partial charge in [-0.1, -0.05) is 24.3 Å². The molecule has 0 spiro atoms. The highest BCUT2D eigenvalue weighted by atomic mass is 19.4. The predicted molar refractivity (Wildman–Crippen MR) is 87.1 cm³/mol. The molecule has 1 amide bonds. The molecule has 2 aromatic carbocycles. The maximum Gasteiger partial charge on any atom is 0.416 e. The Labute approximate surface area is 141 Å². The van der Waals surface area contributed by atoms with Crippen molar-refractivity contribution in [3.8, 4) is 0 Å². The number of hydrogen-bond donors (Lipinski definition) is 2. The molecule has 2 rings (SSSR count). The summed E-state index contributed by atoms with van der Waals surface area (Å²) in [7, 11) is 0. The van der Waals surface area contributed by atoms with Gasteiger partial charge in [-0.3, -0.25) is 4.79 Å². The third kappa shape index (κ3) is 4.69. The molecule has 0 heterocycles. The second-order valence-electron chi connectivity index (χ2n) is 5.25. The van der Waals surface area contributed by atoms with Gasteiger partial charge in [-0.05, 0) is 42.8 Å². The topological polar surface area (TPSA) is 66.4 Å². The zero-order valence-corrected chi connectivity index (χ0v) is 13.1. The molecule has 0 unspecified atom stereocenters. The zero-order chi connectivity index (χ0) is 18.6. The molecule has 0 bridgehead atoms. The summed E-state index contributed by atoms with van der Waals surface area (Å²) in [5, 5.41) is 11.4. The first-order valence-corrected chi connectivity index (χ1v) is 7.17. The molecule has 0 fully saturated rings. The third-order valence-electron chi connectivity index (χ3n) is 3.36. The van der Waals surface area contributed by atoms with E-state index in [1.165, 1.54) is 49.4 Å². The number of carboxylic acids is 1. The van der Waals surface area contributed by atoms with Crippen molar-refractivity contribution in [2.24, 2.45) is 0 Å². The number of aromatic carboxylic acids is 1. The molecule has 130 valence electrons. The molecule has 0 radical (unpaired) electrons. The number of rotatable bonds is 4. The van der Waals surface area contributed by atoms with Crippen molar-refractivity contribution in [2.75, 3.05) is 5.32 Å². The van der Waals surface area contributed by atoms with Crippen molar-refractivity contribution < 1.29 is 27.9 Å². The summed E-state index contributed by atoms with van der Waals surface area (Å²) in [4.78, 5) is 23.1. The first kappa shape index (κ1) is 18.3. The first-order chi connectivity index (χ1) is 11.7. The van der Waals surface area contributed by atoms with Gasteiger partial charge in [-0.15, -0.1) is 0 Å². The Hall–Kier alpha value is -3.09. The molecule has 25 heavy (non-hydrogen) atoms. The highest BCUT2D eigenvalue weighted by Crippen LogP contribution is 2.32. The van der Waals surface area contributed by atoms with E-state index >= 15 is 0 Å². The average Bonchev–Trinajstić information content (AvgIpc) is 2.54. The summed E-state index contributed by atoms with van der Waals surface area (Å²) >= 11 is 0. The fourth-order valence-corrected chi connectivity index (χ4v) is 2.14. The Kier molecular flexibility index (Phi) is 5.26. The summed E-state index contributed by atoms with van der Waals surface area (Å²) in [5.74, 6) is -1.78. The van der Waals surface area contributed by atoms with E-state index in [-0.39, 0.29) is 22.4 Å². The van der Waals surface area contributed by atoms with Gasteiger partial charge < -0.3 is 10.4 Å². The van der Waals surface area contributed by atoms with Gasteiger partial charge in [0.05, 0.1) is 11.1 Å². The lowest BCUT2D eigenvalue weighted by Gasteiger charge is -2.11. The molecule has 0 aromatic heterocycles. The molecule has 0 aliphatic carbocycles. The standard InChI is InChI=1S/C18H14F3NO3/c1-11(9-12-5-2-3-8-15(12)18(19,20)21)16(23)22-14-7-4-6-13(10-14)17(24)25/h2-10H,1H3,(H,22,23)(H,24,25)/b11-9+. The minimum atomic E-state index is -4.53. The molecule has 2 N–H and O–H groups in total. The second kappa shape index (κ2) is 7.21. The lowest BCUT2D eigenvalue weighted by molar-refractivity contribution is -0.137. The Balaban J connectivity index is 2.25. The maximum absolute atomic E-state index is 13.0. The van der Waals surface area contributed by atoms with Gasteiger partial charge in [0.2, 0.25) is 0 Å². The Morgan fingerprint density at radius 1 is 1.08 bits per heavy atom. The number of amides is 1. The van der Waals surface area contributed by atoms with Crippen LogP contribution in [-0.4, -0.2) is 17.0 Å². The summed E-state index contributed by atoms with van der Waals surface area (Å²) in [6, 6.07) is 10.5. The highest BCUT2D eigenvalue weighted by Gasteiger charge is 2.32. The summed E-state index contributed by atoms with van der Waals surface area (Å²) in [6.07, 6.45) is -3.39. The van der Waals surface area contributed by atoms with Crippen LogP contribution in [0.3, 0.4) is 0 Å². The number of anilines is 1. The maximum atomic E-state index is 13.0. The predicted octanol–water partition coefficient (Wildman–Crippen LogP) is 4.45. The van der Waals surface area contributed by atoms with Gasteiger partial charge in [0.15, 0.2) is 0 Å². The summed E-state index contributed by atoms with van der Waals surface area (Å²) in [5.41, 5.74) is -0.682. The summed E-state index contributed by atoms with van der Waals surface area (Å²) in [6.45, 7) is 1.38. The van der Waals surface area contributed by atoms with Crippen LogP contribution < -0.4 is 5.32 Å². The lowest BCUT2D eigenvalue weighted by Crippen LogP contribution is -2.13. The number of hydrogen-bond acceptors (Lipinski definition) is 2. The third-order valence-corrected chi connectivity index (χ3v) is 3.36. The van der Waals surface area contributed by atoms with Crippen LogP contribution in [0.2, 0.25) is 0 Å². The molecule has 4 nitrogen and oxygen atoms in total. The van der Waals surface area contributed by atoms with Crippen LogP contribution in [0.5, 0.6) is 0 Å². The molecule has 0 aliphatic rings. The number of carbonyl (C=O) groups excluding carboxylic acids is 1. The second-order valence-corrected chi connectivity index (χ2v) is 5.25. The Morgan fingerprint density at radius 2 is 1.76 bits per heavy atom. The van der Waals surface area contributed by atoms with Crippen molar-refractivity contribution in [2.45, 2.75) is 13.1 Å². The SMILES string of the molecule is C/C(=C\c1ccccc1C(F)(F)F)C(=O)Nc1cccc(C(=O)O)c1. The largest absolute Gasteiger partial charge is 0.478 e. The number of alkyl halides is 3. The van der Waals surface area contributed by atoms with E-state index in [9.17, 15) is 22.8 Å². The molecular formula is C18H14F3NO3. The van der Waals surface area contributed by atoms with Crippen LogP contribution in [0, 0.1) is 0 Å². The van der Waals surface area contributed by atoms with Crippen molar-refractivity contribution in [1.82, 2.24) is 0 Å². The fraction of sp³-hybridized carbons (Fsp3) is 0.111. The minimum Gasteiger partial charge on any atom is -0.478 e. The quantitative estimate of drug-likeness (QED) is 0.802. The van der Waals surface area contributed by atoms with E-state index in [1.54, 1.807) is 0 Å². The van der Waals surface area contributed by atoms with Gasteiger partial charge in [0.25, 0.3) is 5.91 Å². The molecule has 0 saturated heterocycles. The molecule has 0 aliphatic heterocycles. The van der Waals surface area contributed by atoms with E-state index in [4.69, 9.17) is 5.11 Å². The molecule has 2 aromatic rings. The van der Waals surface area contributed by atoms with Crippen LogP contribution in [-0.2, 0) is 11.0 Å². The first-order valence-electron chi connectivity index (χ1n) is 7.17. The molecule has 0 saturated carbocycles. The van der Waals surface area contributed by atoms with Gasteiger partial charge in [0.1, 0.15) is 0 Å². The summed E-state index contributed by atoms with van der Waals surface area (Å²) < 4.78 is 38.9.